The molecule has 0 aromatic carbocycles. The SMILES string of the molecule is CC(C)CCCNCCCS. The van der Waals surface area contributed by atoms with Gasteiger partial charge >= 0.3 is 0 Å². The van der Waals surface area contributed by atoms with Gasteiger partial charge in [-0.25, -0.2) is 0 Å². The minimum Gasteiger partial charge on any atom is -0.317 e. The van der Waals surface area contributed by atoms with Crippen molar-refractivity contribution in [2.24, 2.45) is 5.92 Å². The zero-order valence-electron chi connectivity index (χ0n) is 7.77. The van der Waals surface area contributed by atoms with Crippen molar-refractivity contribution < 1.29 is 0 Å². The molecule has 1 N–H and O–H groups in total. The quantitative estimate of drug-likeness (QED) is 0.447. The van der Waals surface area contributed by atoms with Gasteiger partial charge in [-0.3, -0.25) is 0 Å². The Morgan fingerprint density at radius 3 is 2.36 bits per heavy atom. The van der Waals surface area contributed by atoms with E-state index in [0.29, 0.717) is 0 Å². The standard InChI is InChI=1S/C9H21NS/c1-9(2)5-3-6-10-7-4-8-11/h9-11H,3-8H2,1-2H3. The first-order valence-electron chi connectivity index (χ1n) is 4.59. The summed E-state index contributed by atoms with van der Waals surface area (Å²) in [5.41, 5.74) is 0. The first-order chi connectivity index (χ1) is 5.27. The van der Waals surface area contributed by atoms with Gasteiger partial charge in [-0.2, -0.15) is 12.6 Å². The molecule has 0 radical (unpaired) electrons. The molecule has 0 rings (SSSR count). The van der Waals surface area contributed by atoms with Gasteiger partial charge in [0.15, 0.2) is 0 Å². The molecule has 0 aliphatic carbocycles. The van der Waals surface area contributed by atoms with Gasteiger partial charge in [-0.1, -0.05) is 13.8 Å². The van der Waals surface area contributed by atoms with Crippen molar-refractivity contribution in [1.82, 2.24) is 5.32 Å². The van der Waals surface area contributed by atoms with Crippen LogP contribution in [0.1, 0.15) is 33.1 Å². The molecule has 11 heavy (non-hydrogen) atoms. The van der Waals surface area contributed by atoms with Crippen LogP contribution >= 0.6 is 12.6 Å². The van der Waals surface area contributed by atoms with Crippen LogP contribution in [0.25, 0.3) is 0 Å². The molecule has 0 amide bonds. The highest BCUT2D eigenvalue weighted by Crippen LogP contribution is 2.01. The molecule has 0 saturated heterocycles. The average Bonchev–Trinajstić information content (AvgIpc) is 1.96. The van der Waals surface area contributed by atoms with Gasteiger partial charge in [0.05, 0.1) is 0 Å². The van der Waals surface area contributed by atoms with Crippen LogP contribution in [0.5, 0.6) is 0 Å². The molecular weight excluding hydrogens is 154 g/mol. The van der Waals surface area contributed by atoms with Gasteiger partial charge in [-0.05, 0) is 44.0 Å². The molecule has 0 spiro atoms. The molecule has 2 heteroatoms. The molecule has 0 saturated carbocycles. The van der Waals surface area contributed by atoms with Gasteiger partial charge < -0.3 is 5.32 Å². The summed E-state index contributed by atoms with van der Waals surface area (Å²) in [6, 6.07) is 0. The smallest absolute Gasteiger partial charge is 0.00411 e. The minimum atomic E-state index is 0.849. The van der Waals surface area contributed by atoms with Crippen LogP contribution in [0.4, 0.5) is 0 Å². The van der Waals surface area contributed by atoms with E-state index in [0.717, 1.165) is 18.2 Å². The summed E-state index contributed by atoms with van der Waals surface area (Å²) < 4.78 is 0. The van der Waals surface area contributed by atoms with E-state index in [1.165, 1.54) is 25.8 Å². The summed E-state index contributed by atoms with van der Waals surface area (Å²) in [5, 5.41) is 3.39. The van der Waals surface area contributed by atoms with Crippen LogP contribution in [-0.2, 0) is 0 Å². The summed E-state index contributed by atoms with van der Waals surface area (Å²) in [5.74, 6) is 1.85. The number of hydrogen-bond acceptors (Lipinski definition) is 2. The largest absolute Gasteiger partial charge is 0.317 e. The number of rotatable bonds is 7. The Hall–Kier alpha value is 0.310. The fourth-order valence-electron chi connectivity index (χ4n) is 0.964. The van der Waals surface area contributed by atoms with Crippen molar-refractivity contribution in [3.05, 3.63) is 0 Å². The predicted molar refractivity (Wildman–Crippen MR) is 55.4 cm³/mol. The summed E-state index contributed by atoms with van der Waals surface area (Å²) >= 11 is 4.14. The topological polar surface area (TPSA) is 12.0 Å². The van der Waals surface area contributed by atoms with E-state index < -0.39 is 0 Å². The zero-order valence-corrected chi connectivity index (χ0v) is 8.66. The Labute approximate surface area is 76.4 Å². The highest BCUT2D eigenvalue weighted by atomic mass is 32.1. The molecule has 0 aromatic heterocycles. The van der Waals surface area contributed by atoms with Gasteiger partial charge in [0, 0.05) is 0 Å². The Balaban J connectivity index is 2.80. The second kappa shape index (κ2) is 8.41. The van der Waals surface area contributed by atoms with Gasteiger partial charge in [0.1, 0.15) is 0 Å². The van der Waals surface area contributed by atoms with E-state index in [-0.39, 0.29) is 0 Å². The van der Waals surface area contributed by atoms with Gasteiger partial charge in [0.25, 0.3) is 0 Å². The molecule has 0 unspecified atom stereocenters. The maximum Gasteiger partial charge on any atom is -0.00411 e. The fourth-order valence-corrected chi connectivity index (χ4v) is 1.12. The summed E-state index contributed by atoms with van der Waals surface area (Å²) in [7, 11) is 0. The normalized spacial score (nSPS) is 10.9. The van der Waals surface area contributed by atoms with Gasteiger partial charge in [-0.15, -0.1) is 0 Å². The third-order valence-electron chi connectivity index (χ3n) is 1.65. The fraction of sp³-hybridized carbons (Fsp3) is 1.00. The summed E-state index contributed by atoms with van der Waals surface area (Å²) in [6.45, 7) is 6.84. The van der Waals surface area contributed by atoms with Crippen molar-refractivity contribution in [3.63, 3.8) is 0 Å². The average molecular weight is 175 g/mol. The van der Waals surface area contributed by atoms with E-state index in [2.05, 4.69) is 31.8 Å². The van der Waals surface area contributed by atoms with E-state index >= 15 is 0 Å². The maximum absolute atomic E-state index is 4.14. The molecular formula is C9H21NS. The van der Waals surface area contributed by atoms with Crippen molar-refractivity contribution in [1.29, 1.82) is 0 Å². The number of hydrogen-bond donors (Lipinski definition) is 2. The first-order valence-corrected chi connectivity index (χ1v) is 5.22. The van der Waals surface area contributed by atoms with Gasteiger partial charge in [0.2, 0.25) is 0 Å². The lowest BCUT2D eigenvalue weighted by Crippen LogP contribution is -2.17. The molecule has 0 atom stereocenters. The molecule has 0 bridgehead atoms. The molecule has 1 nitrogen and oxygen atoms in total. The van der Waals surface area contributed by atoms with Crippen LogP contribution in [0, 0.1) is 5.92 Å². The Morgan fingerprint density at radius 2 is 1.82 bits per heavy atom. The summed E-state index contributed by atoms with van der Waals surface area (Å²) in [6.07, 6.45) is 3.84. The molecule has 0 aliphatic heterocycles. The predicted octanol–water partition coefficient (Wildman–Crippen LogP) is 2.33. The number of thiol groups is 1. The summed E-state index contributed by atoms with van der Waals surface area (Å²) in [4.78, 5) is 0. The second-order valence-electron chi connectivity index (χ2n) is 3.36. The lowest BCUT2D eigenvalue weighted by atomic mass is 10.1. The highest BCUT2D eigenvalue weighted by molar-refractivity contribution is 7.80. The third kappa shape index (κ3) is 10.3. The Kier molecular flexibility index (Phi) is 8.64. The molecule has 0 aliphatic rings. The second-order valence-corrected chi connectivity index (χ2v) is 3.81. The first kappa shape index (κ1) is 11.3. The zero-order chi connectivity index (χ0) is 8.53. The Morgan fingerprint density at radius 1 is 1.18 bits per heavy atom. The van der Waals surface area contributed by atoms with Crippen LogP contribution in [0.3, 0.4) is 0 Å². The third-order valence-corrected chi connectivity index (χ3v) is 1.96. The molecule has 0 fully saturated rings. The van der Waals surface area contributed by atoms with E-state index in [1.54, 1.807) is 0 Å². The van der Waals surface area contributed by atoms with Crippen LogP contribution < -0.4 is 5.32 Å². The van der Waals surface area contributed by atoms with Crippen molar-refractivity contribution in [2.45, 2.75) is 33.1 Å². The molecule has 68 valence electrons. The lowest BCUT2D eigenvalue weighted by molar-refractivity contribution is 0.527. The molecule has 0 aromatic rings. The van der Waals surface area contributed by atoms with E-state index in [1.807, 2.05) is 0 Å². The monoisotopic (exact) mass is 175 g/mol. The lowest BCUT2D eigenvalue weighted by Gasteiger charge is -2.05. The maximum atomic E-state index is 4.14. The van der Waals surface area contributed by atoms with Crippen molar-refractivity contribution >= 4 is 12.6 Å². The Bertz CT molecular complexity index is 74.0. The highest BCUT2D eigenvalue weighted by Gasteiger charge is 1.92. The minimum absolute atomic E-state index is 0.849. The van der Waals surface area contributed by atoms with Crippen molar-refractivity contribution in [2.75, 3.05) is 18.8 Å². The molecule has 0 heterocycles. The van der Waals surface area contributed by atoms with Crippen LogP contribution in [0.2, 0.25) is 0 Å². The number of nitrogens with one attached hydrogen (secondary N) is 1. The van der Waals surface area contributed by atoms with Crippen molar-refractivity contribution in [3.8, 4) is 0 Å². The van der Waals surface area contributed by atoms with Crippen LogP contribution in [0.15, 0.2) is 0 Å². The van der Waals surface area contributed by atoms with Crippen LogP contribution in [-0.4, -0.2) is 18.8 Å². The van der Waals surface area contributed by atoms with E-state index in [9.17, 15) is 0 Å². The van der Waals surface area contributed by atoms with E-state index in [4.69, 9.17) is 0 Å².